The SMILES string of the molecule is O=CNc1ccnnc1O. The molecule has 0 bridgehead atoms. The number of amides is 1. The van der Waals surface area contributed by atoms with Crippen LogP contribution in [0.4, 0.5) is 5.69 Å². The first kappa shape index (κ1) is 6.47. The highest BCUT2D eigenvalue weighted by molar-refractivity contribution is 5.73. The van der Waals surface area contributed by atoms with Gasteiger partial charge in [0.1, 0.15) is 5.69 Å². The van der Waals surface area contributed by atoms with E-state index in [1.807, 2.05) is 0 Å². The maximum atomic E-state index is 9.86. The number of nitrogens with zero attached hydrogens (tertiary/aromatic N) is 2. The van der Waals surface area contributed by atoms with Crippen molar-refractivity contribution in [1.82, 2.24) is 10.2 Å². The fourth-order valence-electron chi connectivity index (χ4n) is 0.500. The van der Waals surface area contributed by atoms with E-state index in [-0.39, 0.29) is 11.6 Å². The summed E-state index contributed by atoms with van der Waals surface area (Å²) in [5.41, 5.74) is 0.255. The second kappa shape index (κ2) is 2.77. The second-order valence-corrected chi connectivity index (χ2v) is 1.53. The second-order valence-electron chi connectivity index (χ2n) is 1.53. The van der Waals surface area contributed by atoms with E-state index in [9.17, 15) is 4.79 Å². The maximum absolute atomic E-state index is 9.86. The summed E-state index contributed by atoms with van der Waals surface area (Å²) < 4.78 is 0. The number of carbonyl (C=O) groups excluding carboxylic acids is 1. The van der Waals surface area contributed by atoms with Gasteiger partial charge in [-0.15, -0.1) is 5.10 Å². The molecule has 2 N–H and O–H groups in total. The first-order chi connectivity index (χ1) is 4.84. The van der Waals surface area contributed by atoms with E-state index in [0.717, 1.165) is 0 Å². The van der Waals surface area contributed by atoms with Gasteiger partial charge in [-0.3, -0.25) is 4.79 Å². The highest BCUT2D eigenvalue weighted by Crippen LogP contribution is 2.15. The van der Waals surface area contributed by atoms with Crippen LogP contribution in [-0.2, 0) is 4.79 Å². The molecule has 0 aliphatic carbocycles. The van der Waals surface area contributed by atoms with Crippen LogP contribution in [0, 0.1) is 0 Å². The first-order valence-corrected chi connectivity index (χ1v) is 2.55. The molecule has 0 aliphatic rings. The van der Waals surface area contributed by atoms with Crippen molar-refractivity contribution in [2.45, 2.75) is 0 Å². The Kier molecular flexibility index (Phi) is 1.79. The van der Waals surface area contributed by atoms with Crippen LogP contribution in [0.3, 0.4) is 0 Å². The van der Waals surface area contributed by atoms with Crippen molar-refractivity contribution in [2.24, 2.45) is 0 Å². The third kappa shape index (κ3) is 1.19. The molecule has 0 radical (unpaired) electrons. The van der Waals surface area contributed by atoms with E-state index in [0.29, 0.717) is 6.41 Å². The molecule has 5 heteroatoms. The predicted octanol–water partition coefficient (Wildman–Crippen LogP) is -0.250. The summed E-state index contributed by atoms with van der Waals surface area (Å²) >= 11 is 0. The highest BCUT2D eigenvalue weighted by Gasteiger charge is 1.97. The van der Waals surface area contributed by atoms with Gasteiger partial charge >= 0.3 is 0 Å². The number of nitrogens with one attached hydrogen (secondary N) is 1. The Balaban J connectivity index is 2.91. The average Bonchev–Trinajstić information content (AvgIpc) is 1.94. The predicted molar refractivity (Wildman–Crippen MR) is 33.4 cm³/mol. The molecule has 0 unspecified atom stereocenters. The van der Waals surface area contributed by atoms with Crippen molar-refractivity contribution >= 4 is 12.1 Å². The number of aromatic hydroxyl groups is 1. The van der Waals surface area contributed by atoms with E-state index in [1.54, 1.807) is 0 Å². The molecule has 0 aliphatic heterocycles. The molecule has 1 rings (SSSR count). The van der Waals surface area contributed by atoms with Crippen LogP contribution in [0.5, 0.6) is 5.88 Å². The van der Waals surface area contributed by atoms with Crippen LogP contribution in [0.15, 0.2) is 12.3 Å². The number of carbonyl (C=O) groups is 1. The van der Waals surface area contributed by atoms with Crippen molar-refractivity contribution in [3.63, 3.8) is 0 Å². The molecule has 5 nitrogen and oxygen atoms in total. The number of rotatable bonds is 2. The van der Waals surface area contributed by atoms with Gasteiger partial charge in [-0.05, 0) is 6.07 Å². The van der Waals surface area contributed by atoms with Crippen molar-refractivity contribution in [3.05, 3.63) is 12.3 Å². The van der Waals surface area contributed by atoms with Gasteiger partial charge in [0.15, 0.2) is 0 Å². The van der Waals surface area contributed by atoms with Gasteiger partial charge in [-0.25, -0.2) is 0 Å². The Morgan fingerprint density at radius 3 is 3.10 bits per heavy atom. The van der Waals surface area contributed by atoms with Crippen molar-refractivity contribution in [2.75, 3.05) is 5.32 Å². The molecule has 0 saturated heterocycles. The van der Waals surface area contributed by atoms with Crippen LogP contribution in [-0.4, -0.2) is 21.7 Å². The summed E-state index contributed by atoms with van der Waals surface area (Å²) in [7, 11) is 0. The molecular formula is C5H5N3O2. The van der Waals surface area contributed by atoms with E-state index in [4.69, 9.17) is 5.11 Å². The van der Waals surface area contributed by atoms with Crippen molar-refractivity contribution in [3.8, 4) is 5.88 Å². The van der Waals surface area contributed by atoms with Crippen LogP contribution in [0.25, 0.3) is 0 Å². The largest absolute Gasteiger partial charge is 0.491 e. The fourth-order valence-corrected chi connectivity index (χ4v) is 0.500. The number of aromatic nitrogens is 2. The molecule has 1 heterocycles. The molecule has 10 heavy (non-hydrogen) atoms. The molecule has 0 atom stereocenters. The smallest absolute Gasteiger partial charge is 0.255 e. The van der Waals surface area contributed by atoms with Crippen LogP contribution >= 0.6 is 0 Å². The van der Waals surface area contributed by atoms with Crippen molar-refractivity contribution in [1.29, 1.82) is 0 Å². The fraction of sp³-hybridized carbons (Fsp3) is 0. The highest BCUT2D eigenvalue weighted by atomic mass is 16.3. The van der Waals surface area contributed by atoms with Gasteiger partial charge in [0, 0.05) is 0 Å². The average molecular weight is 139 g/mol. The lowest BCUT2D eigenvalue weighted by Crippen LogP contribution is -1.95. The summed E-state index contributed by atoms with van der Waals surface area (Å²) in [6.45, 7) is 0. The standard InChI is InChI=1S/C5H5N3O2/c9-3-6-4-1-2-7-8-5(4)10/h1-3H,(H,8,10)(H,6,7,9). The van der Waals surface area contributed by atoms with Gasteiger partial charge in [0.2, 0.25) is 6.41 Å². The topological polar surface area (TPSA) is 75.1 Å². The molecule has 1 aromatic rings. The van der Waals surface area contributed by atoms with E-state index in [1.165, 1.54) is 12.3 Å². The molecule has 52 valence electrons. The lowest BCUT2D eigenvalue weighted by molar-refractivity contribution is -0.105. The zero-order valence-corrected chi connectivity index (χ0v) is 4.98. The summed E-state index contributed by atoms with van der Waals surface area (Å²) in [4.78, 5) is 9.86. The summed E-state index contributed by atoms with van der Waals surface area (Å²) in [5, 5.41) is 17.7. The van der Waals surface area contributed by atoms with Crippen LogP contribution in [0.1, 0.15) is 0 Å². The van der Waals surface area contributed by atoms with Gasteiger partial charge in [-0.1, -0.05) is 0 Å². The Morgan fingerprint density at radius 1 is 1.70 bits per heavy atom. The van der Waals surface area contributed by atoms with Crippen LogP contribution in [0.2, 0.25) is 0 Å². The lowest BCUT2D eigenvalue weighted by Gasteiger charge is -1.96. The summed E-state index contributed by atoms with van der Waals surface area (Å²) in [6, 6.07) is 1.44. The Bertz CT molecular complexity index is 238. The van der Waals surface area contributed by atoms with Gasteiger partial charge in [-0.2, -0.15) is 5.10 Å². The molecule has 0 aromatic carbocycles. The molecule has 0 fully saturated rings. The van der Waals surface area contributed by atoms with E-state index < -0.39 is 0 Å². The zero-order chi connectivity index (χ0) is 7.40. The van der Waals surface area contributed by atoms with Gasteiger partial charge in [0.25, 0.3) is 5.88 Å². The van der Waals surface area contributed by atoms with Crippen molar-refractivity contribution < 1.29 is 9.90 Å². The lowest BCUT2D eigenvalue weighted by atomic mass is 10.5. The quantitative estimate of drug-likeness (QED) is 0.554. The Morgan fingerprint density at radius 2 is 2.50 bits per heavy atom. The molecule has 1 amide bonds. The third-order valence-corrected chi connectivity index (χ3v) is 0.916. The Hall–Kier alpha value is -1.65. The third-order valence-electron chi connectivity index (χ3n) is 0.916. The summed E-state index contributed by atoms with van der Waals surface area (Å²) in [6.07, 6.45) is 1.82. The first-order valence-electron chi connectivity index (χ1n) is 2.55. The van der Waals surface area contributed by atoms with Gasteiger partial charge < -0.3 is 10.4 Å². The maximum Gasteiger partial charge on any atom is 0.255 e. The Labute approximate surface area is 56.7 Å². The van der Waals surface area contributed by atoms with Gasteiger partial charge in [0.05, 0.1) is 6.20 Å². The minimum absolute atomic E-state index is 0.255. The van der Waals surface area contributed by atoms with E-state index >= 15 is 0 Å². The molecule has 0 spiro atoms. The minimum atomic E-state index is -0.283. The molecular weight excluding hydrogens is 134 g/mol. The number of anilines is 1. The number of hydrogen-bond donors (Lipinski definition) is 2. The zero-order valence-electron chi connectivity index (χ0n) is 4.98. The number of hydrogen-bond acceptors (Lipinski definition) is 4. The monoisotopic (exact) mass is 139 g/mol. The minimum Gasteiger partial charge on any atom is -0.491 e. The normalized spacial score (nSPS) is 8.80. The summed E-state index contributed by atoms with van der Waals surface area (Å²) in [5.74, 6) is -0.283. The molecule has 1 aromatic heterocycles. The van der Waals surface area contributed by atoms with Crippen LogP contribution < -0.4 is 5.32 Å². The molecule has 0 saturated carbocycles. The van der Waals surface area contributed by atoms with E-state index in [2.05, 4.69) is 15.5 Å².